The second kappa shape index (κ2) is 7.11. The maximum atomic E-state index is 12.5. The molecule has 128 valence electrons. The van der Waals surface area contributed by atoms with Crippen molar-refractivity contribution in [3.05, 3.63) is 103 Å². The van der Waals surface area contributed by atoms with Crippen LogP contribution in [0.5, 0.6) is 0 Å². The minimum absolute atomic E-state index is 0.121. The molecule has 0 aliphatic carbocycles. The van der Waals surface area contributed by atoms with E-state index in [1.807, 2.05) is 88.4 Å². The summed E-state index contributed by atoms with van der Waals surface area (Å²) in [5, 5.41) is 2.96. The molecular weight excluding hydrogens is 324 g/mol. The number of nitrogens with one attached hydrogen (secondary N) is 1. The number of aromatic nitrogens is 3. The Bertz CT molecular complexity index is 987. The number of amides is 1. The Balaban J connectivity index is 1.46. The second-order valence-electron chi connectivity index (χ2n) is 6.03. The van der Waals surface area contributed by atoms with Crippen LogP contribution >= 0.6 is 0 Å². The number of anilines is 1. The predicted molar refractivity (Wildman–Crippen MR) is 101 cm³/mol. The Morgan fingerprint density at radius 2 is 1.77 bits per heavy atom. The lowest BCUT2D eigenvalue weighted by Crippen LogP contribution is -2.12. The Labute approximate surface area is 151 Å². The summed E-state index contributed by atoms with van der Waals surface area (Å²) in [5.41, 5.74) is 3.53. The van der Waals surface area contributed by atoms with Gasteiger partial charge < -0.3 is 14.5 Å². The first-order chi connectivity index (χ1) is 12.8. The highest BCUT2D eigenvalue weighted by Gasteiger charge is 2.07. The summed E-state index contributed by atoms with van der Waals surface area (Å²) in [6.07, 6.45) is 9.39. The number of carbonyl (C=O) groups is 1. The lowest BCUT2D eigenvalue weighted by atomic mass is 10.1. The molecule has 0 aliphatic rings. The molecule has 0 unspecified atom stereocenters. The molecular formula is C21H18N4O. The number of carbonyl (C=O) groups excluding carboxylic acids is 1. The van der Waals surface area contributed by atoms with E-state index in [0.29, 0.717) is 5.56 Å². The smallest absolute Gasteiger partial charge is 0.255 e. The van der Waals surface area contributed by atoms with Gasteiger partial charge in [0.1, 0.15) is 0 Å². The van der Waals surface area contributed by atoms with Crippen molar-refractivity contribution >= 4 is 11.6 Å². The molecule has 5 nitrogen and oxygen atoms in total. The first-order valence-corrected chi connectivity index (χ1v) is 8.37. The average Bonchev–Trinajstić information content (AvgIpc) is 3.36. The monoisotopic (exact) mass is 342 g/mol. The average molecular weight is 342 g/mol. The standard InChI is InChI=1S/C21H18N4O/c26-21(18-6-8-20(9-7-18)25-11-1-2-12-25)23-19-5-3-4-17(14-19)15-24-13-10-22-16-24/h1-14,16H,15H2,(H,23,26). The summed E-state index contributed by atoms with van der Waals surface area (Å²) in [4.78, 5) is 16.6. The minimum Gasteiger partial charge on any atom is -0.333 e. The van der Waals surface area contributed by atoms with Crippen LogP contribution in [-0.2, 0) is 6.54 Å². The quantitative estimate of drug-likeness (QED) is 0.596. The van der Waals surface area contributed by atoms with Gasteiger partial charge in [0.25, 0.3) is 5.91 Å². The zero-order chi connectivity index (χ0) is 17.8. The molecule has 0 fully saturated rings. The topological polar surface area (TPSA) is 51.9 Å². The molecule has 0 saturated carbocycles. The van der Waals surface area contributed by atoms with Gasteiger partial charge in [-0.1, -0.05) is 12.1 Å². The van der Waals surface area contributed by atoms with Gasteiger partial charge in [0.2, 0.25) is 0 Å². The van der Waals surface area contributed by atoms with E-state index in [2.05, 4.69) is 10.3 Å². The van der Waals surface area contributed by atoms with Crippen molar-refractivity contribution in [1.29, 1.82) is 0 Å². The van der Waals surface area contributed by atoms with E-state index in [1.165, 1.54) is 0 Å². The van der Waals surface area contributed by atoms with Crippen molar-refractivity contribution in [1.82, 2.24) is 14.1 Å². The zero-order valence-corrected chi connectivity index (χ0v) is 14.1. The minimum atomic E-state index is -0.121. The third-order valence-electron chi connectivity index (χ3n) is 4.14. The summed E-state index contributed by atoms with van der Waals surface area (Å²) in [6.45, 7) is 0.718. The molecule has 2 aromatic heterocycles. The second-order valence-corrected chi connectivity index (χ2v) is 6.03. The number of nitrogens with zero attached hydrogens (tertiary/aromatic N) is 3. The number of imidazole rings is 1. The van der Waals surface area contributed by atoms with Gasteiger partial charge in [-0.05, 0) is 54.1 Å². The van der Waals surface area contributed by atoms with E-state index in [4.69, 9.17) is 0 Å². The third kappa shape index (κ3) is 3.57. The molecule has 0 bridgehead atoms. The van der Waals surface area contributed by atoms with Crippen LogP contribution in [0.15, 0.2) is 91.8 Å². The Morgan fingerprint density at radius 3 is 2.50 bits per heavy atom. The highest BCUT2D eigenvalue weighted by molar-refractivity contribution is 6.04. The van der Waals surface area contributed by atoms with Crippen molar-refractivity contribution in [3.63, 3.8) is 0 Å². The number of rotatable bonds is 5. The van der Waals surface area contributed by atoms with E-state index in [-0.39, 0.29) is 5.91 Å². The lowest BCUT2D eigenvalue weighted by molar-refractivity contribution is 0.102. The van der Waals surface area contributed by atoms with Crippen molar-refractivity contribution in [2.24, 2.45) is 0 Å². The summed E-state index contributed by atoms with van der Waals surface area (Å²) in [6, 6.07) is 19.3. The number of benzene rings is 2. The molecule has 0 atom stereocenters. The van der Waals surface area contributed by atoms with Crippen molar-refractivity contribution < 1.29 is 4.79 Å². The first-order valence-electron chi connectivity index (χ1n) is 8.37. The van der Waals surface area contributed by atoms with Crippen LogP contribution in [0, 0.1) is 0 Å². The van der Waals surface area contributed by atoms with Crippen LogP contribution in [-0.4, -0.2) is 20.0 Å². The molecule has 0 aliphatic heterocycles. The van der Waals surface area contributed by atoms with Gasteiger partial charge in [0.05, 0.1) is 6.33 Å². The molecule has 4 aromatic rings. The molecule has 4 rings (SSSR count). The summed E-state index contributed by atoms with van der Waals surface area (Å²) >= 11 is 0. The molecule has 1 amide bonds. The zero-order valence-electron chi connectivity index (χ0n) is 14.1. The van der Waals surface area contributed by atoms with Gasteiger partial charge in [-0.25, -0.2) is 4.98 Å². The van der Waals surface area contributed by atoms with Crippen LogP contribution in [0.1, 0.15) is 15.9 Å². The SMILES string of the molecule is O=C(Nc1cccc(Cn2ccnc2)c1)c1ccc(-n2cccc2)cc1. The van der Waals surface area contributed by atoms with Crippen LogP contribution in [0.2, 0.25) is 0 Å². The summed E-state index contributed by atoms with van der Waals surface area (Å²) < 4.78 is 3.99. The fourth-order valence-corrected chi connectivity index (χ4v) is 2.83. The van der Waals surface area contributed by atoms with Gasteiger partial charge in [0.15, 0.2) is 0 Å². The fraction of sp³-hybridized carbons (Fsp3) is 0.0476. The van der Waals surface area contributed by atoms with E-state index >= 15 is 0 Å². The molecule has 0 radical (unpaired) electrons. The molecule has 0 saturated heterocycles. The first kappa shape index (κ1) is 15.9. The van der Waals surface area contributed by atoms with Gasteiger partial charge in [-0.15, -0.1) is 0 Å². The summed E-state index contributed by atoms with van der Waals surface area (Å²) in [5.74, 6) is -0.121. The Kier molecular flexibility index (Phi) is 4.35. The van der Waals surface area contributed by atoms with E-state index in [0.717, 1.165) is 23.5 Å². The van der Waals surface area contributed by atoms with Gasteiger partial charge in [-0.2, -0.15) is 0 Å². The molecule has 5 heteroatoms. The number of hydrogen-bond acceptors (Lipinski definition) is 2. The highest BCUT2D eigenvalue weighted by atomic mass is 16.1. The van der Waals surface area contributed by atoms with Crippen molar-refractivity contribution in [2.45, 2.75) is 6.54 Å². The fourth-order valence-electron chi connectivity index (χ4n) is 2.83. The summed E-state index contributed by atoms with van der Waals surface area (Å²) in [7, 11) is 0. The predicted octanol–water partition coefficient (Wildman–Crippen LogP) is 3.97. The normalized spacial score (nSPS) is 10.6. The third-order valence-corrected chi connectivity index (χ3v) is 4.14. The maximum absolute atomic E-state index is 12.5. The molecule has 1 N–H and O–H groups in total. The van der Waals surface area contributed by atoms with Crippen LogP contribution in [0.3, 0.4) is 0 Å². The van der Waals surface area contributed by atoms with E-state index in [9.17, 15) is 4.79 Å². The number of hydrogen-bond donors (Lipinski definition) is 1. The van der Waals surface area contributed by atoms with Gasteiger partial charge in [-0.3, -0.25) is 4.79 Å². The molecule has 2 heterocycles. The van der Waals surface area contributed by atoms with Crippen molar-refractivity contribution in [3.8, 4) is 5.69 Å². The largest absolute Gasteiger partial charge is 0.333 e. The molecule has 2 aromatic carbocycles. The van der Waals surface area contributed by atoms with Crippen LogP contribution in [0.25, 0.3) is 5.69 Å². The van der Waals surface area contributed by atoms with Gasteiger partial charge in [0, 0.05) is 48.3 Å². The Hall–Kier alpha value is -3.60. The lowest BCUT2D eigenvalue weighted by Gasteiger charge is -2.09. The highest BCUT2D eigenvalue weighted by Crippen LogP contribution is 2.15. The van der Waals surface area contributed by atoms with Crippen LogP contribution < -0.4 is 5.32 Å². The van der Waals surface area contributed by atoms with E-state index < -0.39 is 0 Å². The van der Waals surface area contributed by atoms with Gasteiger partial charge >= 0.3 is 0 Å². The molecule has 0 spiro atoms. The molecule has 26 heavy (non-hydrogen) atoms. The van der Waals surface area contributed by atoms with Crippen molar-refractivity contribution in [2.75, 3.05) is 5.32 Å². The van der Waals surface area contributed by atoms with E-state index in [1.54, 1.807) is 12.5 Å². The Morgan fingerprint density at radius 1 is 0.962 bits per heavy atom. The van der Waals surface area contributed by atoms with Crippen LogP contribution in [0.4, 0.5) is 5.69 Å². The maximum Gasteiger partial charge on any atom is 0.255 e.